The van der Waals surface area contributed by atoms with Crippen LogP contribution in [0, 0.1) is 6.92 Å². The number of anilines is 1. The molecule has 1 heterocycles. The number of aryl methyl sites for hydroxylation is 1. The Hall–Kier alpha value is -2.14. The first kappa shape index (κ1) is 12.3. The van der Waals surface area contributed by atoms with Crippen LogP contribution in [0.3, 0.4) is 0 Å². The van der Waals surface area contributed by atoms with Gasteiger partial charge in [0, 0.05) is 11.1 Å². The maximum atomic E-state index is 11.5. The summed E-state index contributed by atoms with van der Waals surface area (Å²) in [4.78, 5) is 15.5. The van der Waals surface area contributed by atoms with E-state index < -0.39 is 0 Å². The first-order valence-electron chi connectivity index (χ1n) is 5.27. The number of benzene rings is 1. The molecule has 0 fully saturated rings. The molecule has 1 aromatic heterocycles. The van der Waals surface area contributed by atoms with Gasteiger partial charge in [0.1, 0.15) is 5.82 Å². The van der Waals surface area contributed by atoms with Crippen molar-refractivity contribution in [3.8, 4) is 0 Å². The van der Waals surface area contributed by atoms with E-state index in [1.54, 1.807) is 25.1 Å². The van der Waals surface area contributed by atoms with Crippen molar-refractivity contribution in [2.24, 2.45) is 0 Å². The third kappa shape index (κ3) is 3.43. The monoisotopic (exact) mass is 262 g/mol. The standard InChI is InChI=1S/C12H11ClN4O/c1-8-14-12(17-16-8)15-11(18)7-4-9-2-5-10(13)6-3-9/h2-7H,1H3,(H2,14,15,16,17,18)/b7-4+. The van der Waals surface area contributed by atoms with Crippen molar-refractivity contribution in [1.82, 2.24) is 15.2 Å². The van der Waals surface area contributed by atoms with Crippen molar-refractivity contribution in [3.63, 3.8) is 0 Å². The van der Waals surface area contributed by atoms with E-state index in [0.717, 1.165) is 5.56 Å². The number of aromatic amines is 1. The smallest absolute Gasteiger partial charge is 0.250 e. The summed E-state index contributed by atoms with van der Waals surface area (Å²) in [6, 6.07) is 7.17. The van der Waals surface area contributed by atoms with Crippen LogP contribution in [0.4, 0.5) is 5.95 Å². The molecular weight excluding hydrogens is 252 g/mol. The van der Waals surface area contributed by atoms with Gasteiger partial charge in [-0.3, -0.25) is 15.2 Å². The maximum absolute atomic E-state index is 11.5. The average Bonchev–Trinajstić information content (AvgIpc) is 2.74. The zero-order chi connectivity index (χ0) is 13.0. The van der Waals surface area contributed by atoms with Gasteiger partial charge in [-0.25, -0.2) is 0 Å². The van der Waals surface area contributed by atoms with E-state index in [-0.39, 0.29) is 11.9 Å². The molecule has 0 aliphatic rings. The summed E-state index contributed by atoms with van der Waals surface area (Å²) in [7, 11) is 0. The molecule has 0 radical (unpaired) electrons. The van der Waals surface area contributed by atoms with Gasteiger partial charge in [-0.2, -0.15) is 4.98 Å². The van der Waals surface area contributed by atoms with Crippen molar-refractivity contribution in [2.75, 3.05) is 5.32 Å². The van der Waals surface area contributed by atoms with Gasteiger partial charge in [-0.15, -0.1) is 5.10 Å². The Balaban J connectivity index is 1.96. The highest BCUT2D eigenvalue weighted by molar-refractivity contribution is 6.30. The molecular formula is C12H11ClN4O. The fraction of sp³-hybridized carbons (Fsp3) is 0.0833. The Kier molecular flexibility index (Phi) is 3.74. The lowest BCUT2D eigenvalue weighted by Gasteiger charge is -1.95. The number of hydrogen-bond acceptors (Lipinski definition) is 3. The zero-order valence-electron chi connectivity index (χ0n) is 9.64. The van der Waals surface area contributed by atoms with Crippen molar-refractivity contribution in [3.05, 3.63) is 46.8 Å². The molecule has 0 aliphatic heterocycles. The van der Waals surface area contributed by atoms with Gasteiger partial charge < -0.3 is 0 Å². The number of carbonyl (C=O) groups excluding carboxylic acids is 1. The third-order valence-electron chi connectivity index (χ3n) is 2.13. The van der Waals surface area contributed by atoms with Crippen LogP contribution >= 0.6 is 11.6 Å². The van der Waals surface area contributed by atoms with Gasteiger partial charge in [0.05, 0.1) is 0 Å². The maximum Gasteiger partial charge on any atom is 0.250 e. The number of amides is 1. The highest BCUT2D eigenvalue weighted by atomic mass is 35.5. The number of H-pyrrole nitrogens is 1. The predicted octanol–water partition coefficient (Wildman–Crippen LogP) is 2.42. The molecule has 2 rings (SSSR count). The summed E-state index contributed by atoms with van der Waals surface area (Å²) in [6.45, 7) is 1.76. The van der Waals surface area contributed by atoms with E-state index in [9.17, 15) is 4.79 Å². The third-order valence-corrected chi connectivity index (χ3v) is 2.38. The molecule has 0 spiro atoms. The summed E-state index contributed by atoms with van der Waals surface area (Å²) < 4.78 is 0. The lowest BCUT2D eigenvalue weighted by Crippen LogP contribution is -2.09. The number of hydrogen-bond donors (Lipinski definition) is 2. The summed E-state index contributed by atoms with van der Waals surface area (Å²) in [5.41, 5.74) is 0.890. The molecule has 1 amide bonds. The van der Waals surface area contributed by atoms with Crippen LogP contribution in [0.1, 0.15) is 11.4 Å². The van der Waals surface area contributed by atoms with E-state index in [1.807, 2.05) is 12.1 Å². The van der Waals surface area contributed by atoms with E-state index in [0.29, 0.717) is 10.8 Å². The van der Waals surface area contributed by atoms with Gasteiger partial charge in [0.2, 0.25) is 5.95 Å². The molecule has 2 N–H and O–H groups in total. The van der Waals surface area contributed by atoms with Crippen LogP contribution in [0.5, 0.6) is 0 Å². The molecule has 1 aromatic carbocycles. The SMILES string of the molecule is Cc1nc(NC(=O)/C=C/c2ccc(Cl)cc2)n[nH]1. The Labute approximate surface area is 109 Å². The Morgan fingerprint density at radius 1 is 1.39 bits per heavy atom. The number of nitrogens with zero attached hydrogens (tertiary/aromatic N) is 2. The lowest BCUT2D eigenvalue weighted by atomic mass is 10.2. The second kappa shape index (κ2) is 5.46. The molecule has 18 heavy (non-hydrogen) atoms. The minimum absolute atomic E-state index is 0.262. The van der Waals surface area contributed by atoms with Gasteiger partial charge in [-0.05, 0) is 30.7 Å². The van der Waals surface area contributed by atoms with Crippen LogP contribution in [0.25, 0.3) is 6.08 Å². The summed E-state index contributed by atoms with van der Waals surface area (Å²) >= 11 is 5.76. The quantitative estimate of drug-likeness (QED) is 0.835. The van der Waals surface area contributed by atoms with E-state index in [4.69, 9.17) is 11.6 Å². The van der Waals surface area contributed by atoms with Gasteiger partial charge >= 0.3 is 0 Å². The number of nitrogens with one attached hydrogen (secondary N) is 2. The van der Waals surface area contributed by atoms with Crippen LogP contribution in [0.2, 0.25) is 5.02 Å². The van der Waals surface area contributed by atoms with E-state index in [2.05, 4.69) is 20.5 Å². The molecule has 0 saturated carbocycles. The van der Waals surface area contributed by atoms with Crippen LogP contribution < -0.4 is 5.32 Å². The Bertz CT molecular complexity index is 574. The molecule has 0 aliphatic carbocycles. The molecule has 5 nitrogen and oxygen atoms in total. The van der Waals surface area contributed by atoms with Crippen LogP contribution in [0.15, 0.2) is 30.3 Å². The Morgan fingerprint density at radius 2 is 2.11 bits per heavy atom. The molecule has 0 bridgehead atoms. The number of carbonyl (C=O) groups is 1. The summed E-state index contributed by atoms with van der Waals surface area (Å²) in [5.74, 6) is 0.620. The average molecular weight is 263 g/mol. The van der Waals surface area contributed by atoms with Crippen LogP contribution in [-0.4, -0.2) is 21.1 Å². The van der Waals surface area contributed by atoms with Crippen molar-refractivity contribution < 1.29 is 4.79 Å². The number of rotatable bonds is 3. The van der Waals surface area contributed by atoms with E-state index >= 15 is 0 Å². The largest absolute Gasteiger partial charge is 0.290 e. The first-order chi connectivity index (χ1) is 8.63. The van der Waals surface area contributed by atoms with Crippen LogP contribution in [-0.2, 0) is 4.79 Å². The van der Waals surface area contributed by atoms with Gasteiger partial charge in [0.15, 0.2) is 0 Å². The molecule has 6 heteroatoms. The van der Waals surface area contributed by atoms with Gasteiger partial charge in [0.25, 0.3) is 5.91 Å². The second-order valence-electron chi connectivity index (χ2n) is 3.62. The molecule has 2 aromatic rings. The molecule has 0 saturated heterocycles. The predicted molar refractivity (Wildman–Crippen MR) is 70.2 cm³/mol. The number of halogens is 1. The van der Waals surface area contributed by atoms with Gasteiger partial charge in [-0.1, -0.05) is 23.7 Å². The van der Waals surface area contributed by atoms with Crippen molar-refractivity contribution in [2.45, 2.75) is 6.92 Å². The minimum Gasteiger partial charge on any atom is -0.290 e. The highest BCUT2D eigenvalue weighted by Gasteiger charge is 2.02. The molecule has 0 atom stereocenters. The first-order valence-corrected chi connectivity index (χ1v) is 5.65. The molecule has 92 valence electrons. The van der Waals surface area contributed by atoms with E-state index in [1.165, 1.54) is 6.08 Å². The topological polar surface area (TPSA) is 70.7 Å². The van der Waals surface area contributed by atoms with Crippen molar-refractivity contribution in [1.29, 1.82) is 0 Å². The molecule has 0 unspecified atom stereocenters. The fourth-order valence-electron chi connectivity index (χ4n) is 1.30. The summed E-state index contributed by atoms with van der Waals surface area (Å²) in [6.07, 6.45) is 3.10. The summed E-state index contributed by atoms with van der Waals surface area (Å²) in [5, 5.41) is 9.64. The lowest BCUT2D eigenvalue weighted by molar-refractivity contribution is -0.111. The highest BCUT2D eigenvalue weighted by Crippen LogP contribution is 2.10. The Morgan fingerprint density at radius 3 is 2.72 bits per heavy atom. The minimum atomic E-state index is -0.288. The normalized spacial score (nSPS) is 10.8. The van der Waals surface area contributed by atoms with Crippen molar-refractivity contribution >= 4 is 29.5 Å². The number of aromatic nitrogens is 3. The fourth-order valence-corrected chi connectivity index (χ4v) is 1.42. The zero-order valence-corrected chi connectivity index (χ0v) is 10.4. The second-order valence-corrected chi connectivity index (χ2v) is 4.05.